The average molecular weight is 306 g/mol. The van der Waals surface area contributed by atoms with E-state index < -0.39 is 0 Å². The molecule has 0 saturated carbocycles. The highest BCUT2D eigenvalue weighted by Gasteiger charge is 2.12. The van der Waals surface area contributed by atoms with Crippen LogP contribution in [0.15, 0.2) is 66.7 Å². The summed E-state index contributed by atoms with van der Waals surface area (Å²) in [4.78, 5) is 0. The van der Waals surface area contributed by atoms with Gasteiger partial charge in [0.05, 0.1) is 14.2 Å². The molecule has 0 unspecified atom stereocenters. The van der Waals surface area contributed by atoms with Gasteiger partial charge < -0.3 is 14.6 Å². The highest BCUT2D eigenvalue weighted by Crippen LogP contribution is 2.39. The zero-order valence-electron chi connectivity index (χ0n) is 13.1. The molecule has 23 heavy (non-hydrogen) atoms. The van der Waals surface area contributed by atoms with Crippen molar-refractivity contribution in [2.45, 2.75) is 0 Å². The van der Waals surface area contributed by atoms with Crippen LogP contribution in [0.3, 0.4) is 0 Å². The van der Waals surface area contributed by atoms with E-state index in [1.54, 1.807) is 26.4 Å². The molecule has 0 atom stereocenters. The van der Waals surface area contributed by atoms with Gasteiger partial charge in [0.15, 0.2) is 0 Å². The number of ether oxygens (including phenoxy) is 2. The number of hydrogen-bond acceptors (Lipinski definition) is 3. The van der Waals surface area contributed by atoms with E-state index in [9.17, 15) is 5.11 Å². The molecule has 0 saturated heterocycles. The second kappa shape index (κ2) is 6.44. The quantitative estimate of drug-likeness (QED) is 0.756. The Morgan fingerprint density at radius 1 is 0.652 bits per heavy atom. The van der Waals surface area contributed by atoms with Gasteiger partial charge in [-0.1, -0.05) is 42.5 Å². The monoisotopic (exact) mass is 306 g/mol. The predicted molar refractivity (Wildman–Crippen MR) is 92.1 cm³/mol. The van der Waals surface area contributed by atoms with Gasteiger partial charge in [0, 0.05) is 11.1 Å². The molecule has 0 fully saturated rings. The Balaban J connectivity index is 2.11. The molecule has 1 N–H and O–H groups in total. The lowest BCUT2D eigenvalue weighted by Gasteiger charge is -2.14. The molecular formula is C20H18O3. The fourth-order valence-electron chi connectivity index (χ4n) is 2.62. The molecular weight excluding hydrogens is 288 g/mol. The van der Waals surface area contributed by atoms with Crippen LogP contribution in [0.1, 0.15) is 0 Å². The summed E-state index contributed by atoms with van der Waals surface area (Å²) < 4.78 is 10.9. The van der Waals surface area contributed by atoms with Crippen molar-refractivity contribution >= 4 is 0 Å². The molecule has 0 radical (unpaired) electrons. The summed E-state index contributed by atoms with van der Waals surface area (Å²) in [5.74, 6) is 1.88. The summed E-state index contributed by atoms with van der Waals surface area (Å²) >= 11 is 0. The van der Waals surface area contributed by atoms with Crippen molar-refractivity contribution in [2.75, 3.05) is 14.2 Å². The van der Waals surface area contributed by atoms with Gasteiger partial charge in [-0.3, -0.25) is 0 Å². The van der Waals surface area contributed by atoms with Crippen molar-refractivity contribution in [1.82, 2.24) is 0 Å². The Morgan fingerprint density at radius 3 is 1.65 bits per heavy atom. The molecule has 0 aromatic heterocycles. The number of para-hydroxylation sites is 1. The summed E-state index contributed by atoms with van der Waals surface area (Å²) in [6.07, 6.45) is 0. The van der Waals surface area contributed by atoms with Crippen LogP contribution in [0.4, 0.5) is 0 Å². The molecule has 3 heteroatoms. The van der Waals surface area contributed by atoms with E-state index >= 15 is 0 Å². The number of hydrogen-bond donors (Lipinski definition) is 1. The van der Waals surface area contributed by atoms with E-state index in [2.05, 4.69) is 0 Å². The van der Waals surface area contributed by atoms with Crippen LogP contribution in [-0.2, 0) is 0 Å². The zero-order valence-corrected chi connectivity index (χ0v) is 13.1. The number of phenols is 1. The molecule has 0 spiro atoms. The number of methoxy groups -OCH3 is 2. The van der Waals surface area contributed by atoms with Crippen LogP contribution in [0.25, 0.3) is 22.3 Å². The van der Waals surface area contributed by atoms with Crippen LogP contribution in [0.2, 0.25) is 0 Å². The van der Waals surface area contributed by atoms with Gasteiger partial charge in [-0.05, 0) is 35.4 Å². The van der Waals surface area contributed by atoms with Gasteiger partial charge in [-0.15, -0.1) is 0 Å². The minimum absolute atomic E-state index is 0.249. The first kappa shape index (κ1) is 15.0. The number of rotatable bonds is 4. The largest absolute Gasteiger partial charge is 0.508 e. The number of benzene rings is 3. The highest BCUT2D eigenvalue weighted by molar-refractivity contribution is 5.82. The second-order valence-corrected chi connectivity index (χ2v) is 5.16. The maximum absolute atomic E-state index is 9.47. The molecule has 0 amide bonds. The van der Waals surface area contributed by atoms with Crippen molar-refractivity contribution in [3.8, 4) is 39.5 Å². The second-order valence-electron chi connectivity index (χ2n) is 5.16. The highest BCUT2D eigenvalue weighted by atomic mass is 16.5. The first-order valence-corrected chi connectivity index (χ1v) is 7.34. The Bertz CT molecular complexity index is 790. The third kappa shape index (κ3) is 2.99. The molecule has 0 aliphatic rings. The maximum Gasteiger partial charge on any atom is 0.134 e. The molecule has 3 aromatic carbocycles. The first-order valence-electron chi connectivity index (χ1n) is 7.34. The van der Waals surface area contributed by atoms with Crippen molar-refractivity contribution in [2.24, 2.45) is 0 Å². The Hall–Kier alpha value is -2.94. The summed E-state index contributed by atoms with van der Waals surface area (Å²) in [6, 6.07) is 21.0. The lowest BCUT2D eigenvalue weighted by atomic mass is 9.97. The van der Waals surface area contributed by atoms with Crippen molar-refractivity contribution in [1.29, 1.82) is 0 Å². The van der Waals surface area contributed by atoms with Crippen molar-refractivity contribution in [3.63, 3.8) is 0 Å². The minimum atomic E-state index is 0.249. The van der Waals surface area contributed by atoms with E-state index in [4.69, 9.17) is 9.47 Å². The molecule has 3 rings (SSSR count). The molecule has 0 aliphatic carbocycles. The van der Waals surface area contributed by atoms with Gasteiger partial charge >= 0.3 is 0 Å². The lowest BCUT2D eigenvalue weighted by molar-refractivity contribution is 0.414. The van der Waals surface area contributed by atoms with Gasteiger partial charge in [0.1, 0.15) is 17.2 Å². The third-order valence-electron chi connectivity index (χ3n) is 3.80. The van der Waals surface area contributed by atoms with E-state index in [0.29, 0.717) is 0 Å². The Morgan fingerprint density at radius 2 is 1.17 bits per heavy atom. The van der Waals surface area contributed by atoms with Gasteiger partial charge in [0.25, 0.3) is 0 Å². The summed E-state index contributed by atoms with van der Waals surface area (Å²) in [7, 11) is 3.33. The minimum Gasteiger partial charge on any atom is -0.508 e. The van der Waals surface area contributed by atoms with Crippen LogP contribution in [0, 0.1) is 0 Å². The predicted octanol–water partition coefficient (Wildman–Crippen LogP) is 4.74. The summed E-state index contributed by atoms with van der Waals surface area (Å²) in [5.41, 5.74) is 4.06. The smallest absolute Gasteiger partial charge is 0.134 e. The number of aromatic hydroxyl groups is 1. The first-order chi connectivity index (χ1) is 11.2. The van der Waals surface area contributed by atoms with Crippen LogP contribution in [-0.4, -0.2) is 19.3 Å². The third-order valence-corrected chi connectivity index (χ3v) is 3.80. The molecule has 0 aliphatic heterocycles. The van der Waals surface area contributed by atoms with Gasteiger partial charge in [-0.2, -0.15) is 0 Å². The standard InChI is InChI=1S/C20H18O3/c1-22-17-12-8-15(9-13-17)19-5-3-4-18(20(19)23-2)14-6-10-16(21)11-7-14/h3-13,21H,1-2H3. The van der Waals surface area contributed by atoms with Crippen molar-refractivity contribution < 1.29 is 14.6 Å². The SMILES string of the molecule is COc1ccc(-c2cccc(-c3ccc(O)cc3)c2OC)cc1. The molecule has 0 heterocycles. The van der Waals surface area contributed by atoms with Crippen LogP contribution < -0.4 is 9.47 Å². The van der Waals surface area contributed by atoms with Gasteiger partial charge in [-0.25, -0.2) is 0 Å². The van der Waals surface area contributed by atoms with E-state index in [1.807, 2.05) is 54.6 Å². The zero-order chi connectivity index (χ0) is 16.2. The van der Waals surface area contributed by atoms with Crippen LogP contribution in [0.5, 0.6) is 17.2 Å². The summed E-state index contributed by atoms with van der Waals surface area (Å²) in [6.45, 7) is 0. The topological polar surface area (TPSA) is 38.7 Å². The molecule has 116 valence electrons. The fraction of sp³-hybridized carbons (Fsp3) is 0.100. The Labute approximate surface area is 135 Å². The van der Waals surface area contributed by atoms with Crippen LogP contribution >= 0.6 is 0 Å². The maximum atomic E-state index is 9.47. The Kier molecular flexibility index (Phi) is 4.20. The molecule has 0 bridgehead atoms. The van der Waals surface area contributed by atoms with E-state index in [0.717, 1.165) is 33.8 Å². The lowest BCUT2D eigenvalue weighted by Crippen LogP contribution is -1.92. The average Bonchev–Trinajstić information content (AvgIpc) is 2.62. The van der Waals surface area contributed by atoms with E-state index in [1.165, 1.54) is 0 Å². The molecule has 3 nitrogen and oxygen atoms in total. The fourth-order valence-corrected chi connectivity index (χ4v) is 2.62. The van der Waals surface area contributed by atoms with E-state index in [-0.39, 0.29) is 5.75 Å². The number of phenolic OH excluding ortho intramolecular Hbond substituents is 1. The van der Waals surface area contributed by atoms with Gasteiger partial charge in [0.2, 0.25) is 0 Å². The normalized spacial score (nSPS) is 10.3. The summed E-state index contributed by atoms with van der Waals surface area (Å²) in [5, 5.41) is 9.47. The molecule has 3 aromatic rings. The van der Waals surface area contributed by atoms with Crippen molar-refractivity contribution in [3.05, 3.63) is 66.7 Å².